The maximum absolute atomic E-state index is 12.3. The van der Waals surface area contributed by atoms with E-state index in [1.165, 1.54) is 0 Å². The minimum absolute atomic E-state index is 0.278. The van der Waals surface area contributed by atoms with Crippen LogP contribution in [0.25, 0.3) is 22.1 Å². The lowest BCUT2D eigenvalue weighted by molar-refractivity contribution is -0.548. The first-order chi connectivity index (χ1) is 9.72. The van der Waals surface area contributed by atoms with Crippen LogP contribution in [0.1, 0.15) is 17.3 Å². The summed E-state index contributed by atoms with van der Waals surface area (Å²) in [4.78, 5) is 16.4. The molecule has 0 aliphatic rings. The van der Waals surface area contributed by atoms with Crippen LogP contribution in [0.2, 0.25) is 0 Å². The van der Waals surface area contributed by atoms with Crippen molar-refractivity contribution >= 4 is 28.0 Å². The summed E-state index contributed by atoms with van der Waals surface area (Å²) in [6.45, 7) is 2.01. The molecule has 0 spiro atoms. The van der Waals surface area contributed by atoms with E-state index in [1.54, 1.807) is 49.4 Å². The van der Waals surface area contributed by atoms with Crippen molar-refractivity contribution in [2.24, 2.45) is 0 Å². The highest BCUT2D eigenvalue weighted by atomic mass is 16.5. The molecule has 100 valence electrons. The van der Waals surface area contributed by atoms with Crippen LogP contribution in [-0.2, 0) is 4.74 Å². The van der Waals surface area contributed by atoms with E-state index in [0.29, 0.717) is 27.6 Å². The number of para-hydroxylation sites is 3. The van der Waals surface area contributed by atoms with Gasteiger partial charge in [0.1, 0.15) is 5.52 Å². The number of hydrogen-bond acceptors (Lipinski definition) is 4. The highest BCUT2D eigenvalue weighted by molar-refractivity contribution is 6.02. The molecular weight excluding hydrogens is 256 g/mol. The Balaban J connectivity index is 2.37. The molecule has 0 atom stereocenters. The Hall–Kier alpha value is -2.69. The van der Waals surface area contributed by atoms with Gasteiger partial charge in [0, 0.05) is 12.1 Å². The summed E-state index contributed by atoms with van der Waals surface area (Å²) in [6.07, 6.45) is 0. The van der Waals surface area contributed by atoms with Gasteiger partial charge < -0.3 is 9.94 Å². The monoisotopic (exact) mass is 268 g/mol. The molecule has 20 heavy (non-hydrogen) atoms. The summed E-state index contributed by atoms with van der Waals surface area (Å²) in [5.41, 5.74) is 2.04. The van der Waals surface area contributed by atoms with Gasteiger partial charge in [0.25, 0.3) is 0 Å². The highest BCUT2D eigenvalue weighted by Crippen LogP contribution is 2.18. The molecular formula is C15H12N2O3. The largest absolute Gasteiger partial charge is 0.618 e. The van der Waals surface area contributed by atoms with Crippen LogP contribution in [0, 0.1) is 5.21 Å². The second-order valence-corrected chi connectivity index (χ2v) is 4.29. The minimum Gasteiger partial charge on any atom is -0.618 e. The molecule has 2 aromatic carbocycles. The standard InChI is InChI=1S/C15H12N2O3/c1-2-20-15(18)10-6-5-9-13-14(10)16-11-7-3-4-8-12(11)17(13)19/h3-9H,2H2,1H3. The normalized spacial score (nSPS) is 10.8. The first-order valence-electron chi connectivity index (χ1n) is 6.30. The molecule has 0 N–H and O–H groups in total. The summed E-state index contributed by atoms with van der Waals surface area (Å²) in [5.74, 6) is -0.471. The fourth-order valence-corrected chi connectivity index (χ4v) is 2.17. The fourth-order valence-electron chi connectivity index (χ4n) is 2.17. The van der Waals surface area contributed by atoms with Crippen LogP contribution in [-0.4, -0.2) is 17.6 Å². The summed E-state index contributed by atoms with van der Waals surface area (Å²) in [5, 5.41) is 12.3. The number of ether oxygens (including phenoxy) is 1. The van der Waals surface area contributed by atoms with Crippen LogP contribution >= 0.6 is 0 Å². The van der Waals surface area contributed by atoms with Gasteiger partial charge in [-0.05, 0) is 19.1 Å². The molecule has 0 aliphatic carbocycles. The van der Waals surface area contributed by atoms with Crippen molar-refractivity contribution in [1.29, 1.82) is 0 Å². The van der Waals surface area contributed by atoms with Gasteiger partial charge in [-0.3, -0.25) is 0 Å². The van der Waals surface area contributed by atoms with Gasteiger partial charge in [0.15, 0.2) is 5.52 Å². The van der Waals surface area contributed by atoms with Gasteiger partial charge in [-0.15, -0.1) is 0 Å². The summed E-state index contributed by atoms with van der Waals surface area (Å²) in [6, 6.07) is 11.9. The molecule has 0 bridgehead atoms. The maximum atomic E-state index is 12.3. The van der Waals surface area contributed by atoms with E-state index in [9.17, 15) is 10.0 Å². The van der Waals surface area contributed by atoms with Gasteiger partial charge in [-0.25, -0.2) is 9.78 Å². The van der Waals surface area contributed by atoms with E-state index in [0.717, 1.165) is 4.73 Å². The number of carbonyl (C=O) groups excluding carboxylic acids is 1. The van der Waals surface area contributed by atoms with E-state index in [2.05, 4.69) is 4.98 Å². The Morgan fingerprint density at radius 2 is 1.95 bits per heavy atom. The Morgan fingerprint density at radius 3 is 2.75 bits per heavy atom. The predicted molar refractivity (Wildman–Crippen MR) is 74.2 cm³/mol. The Kier molecular flexibility index (Phi) is 2.95. The lowest BCUT2D eigenvalue weighted by Crippen LogP contribution is -2.29. The van der Waals surface area contributed by atoms with Gasteiger partial charge in [-0.2, -0.15) is 4.73 Å². The fraction of sp³-hybridized carbons (Fsp3) is 0.133. The third kappa shape index (κ3) is 1.84. The van der Waals surface area contributed by atoms with E-state index < -0.39 is 5.97 Å². The number of fused-ring (bicyclic) bond motifs is 2. The zero-order valence-corrected chi connectivity index (χ0v) is 10.9. The number of hydrogen-bond donors (Lipinski definition) is 0. The Labute approximate surface area is 115 Å². The summed E-state index contributed by atoms with van der Waals surface area (Å²) < 4.78 is 5.79. The number of nitrogens with zero attached hydrogens (tertiary/aromatic N) is 2. The molecule has 0 saturated carbocycles. The summed E-state index contributed by atoms with van der Waals surface area (Å²) in [7, 11) is 0. The van der Waals surface area contributed by atoms with E-state index in [1.807, 2.05) is 0 Å². The molecule has 0 radical (unpaired) electrons. The van der Waals surface area contributed by atoms with Crippen LogP contribution in [0.15, 0.2) is 42.5 Å². The van der Waals surface area contributed by atoms with Gasteiger partial charge in [-0.1, -0.05) is 18.2 Å². The zero-order chi connectivity index (χ0) is 14.1. The second-order valence-electron chi connectivity index (χ2n) is 4.29. The average molecular weight is 268 g/mol. The number of benzene rings is 2. The van der Waals surface area contributed by atoms with E-state index in [4.69, 9.17) is 4.74 Å². The molecule has 5 heteroatoms. The van der Waals surface area contributed by atoms with Crippen molar-refractivity contribution in [2.45, 2.75) is 6.92 Å². The smallest absolute Gasteiger partial charge is 0.340 e. The van der Waals surface area contributed by atoms with Crippen LogP contribution in [0.3, 0.4) is 0 Å². The summed E-state index contributed by atoms with van der Waals surface area (Å²) >= 11 is 0. The number of aromatic nitrogens is 2. The first kappa shape index (κ1) is 12.3. The Morgan fingerprint density at radius 1 is 1.20 bits per heavy atom. The average Bonchev–Trinajstić information content (AvgIpc) is 2.47. The highest BCUT2D eigenvalue weighted by Gasteiger charge is 2.18. The predicted octanol–water partition coefficient (Wildman–Crippen LogP) is 2.20. The van der Waals surface area contributed by atoms with Crippen molar-refractivity contribution < 1.29 is 14.3 Å². The lowest BCUT2D eigenvalue weighted by atomic mass is 10.1. The van der Waals surface area contributed by atoms with Gasteiger partial charge in [0.05, 0.1) is 12.2 Å². The Bertz CT molecular complexity index is 815. The maximum Gasteiger partial charge on any atom is 0.340 e. The van der Waals surface area contributed by atoms with Gasteiger partial charge >= 0.3 is 5.97 Å². The van der Waals surface area contributed by atoms with Gasteiger partial charge in [0.2, 0.25) is 11.0 Å². The first-order valence-corrected chi connectivity index (χ1v) is 6.30. The lowest BCUT2D eigenvalue weighted by Gasteiger charge is -2.08. The molecule has 0 aliphatic heterocycles. The topological polar surface area (TPSA) is 66.1 Å². The van der Waals surface area contributed by atoms with Crippen LogP contribution in [0.5, 0.6) is 0 Å². The number of rotatable bonds is 2. The quantitative estimate of drug-likeness (QED) is 0.309. The molecule has 1 aromatic heterocycles. The van der Waals surface area contributed by atoms with Crippen molar-refractivity contribution in [1.82, 2.24) is 4.98 Å². The minimum atomic E-state index is -0.471. The SMILES string of the molecule is CCOC(=O)c1cccc2c1nc1ccccc1[n+]2[O-]. The molecule has 5 nitrogen and oxygen atoms in total. The van der Waals surface area contributed by atoms with Crippen molar-refractivity contribution in [3.8, 4) is 0 Å². The van der Waals surface area contributed by atoms with Crippen molar-refractivity contribution in [3.05, 3.63) is 53.2 Å². The molecule has 0 unspecified atom stereocenters. The molecule has 0 saturated heterocycles. The third-order valence-corrected chi connectivity index (χ3v) is 3.06. The van der Waals surface area contributed by atoms with Crippen LogP contribution in [0.4, 0.5) is 0 Å². The van der Waals surface area contributed by atoms with E-state index in [-0.39, 0.29) is 6.61 Å². The number of carbonyl (C=O) groups is 1. The molecule has 3 aromatic rings. The molecule has 3 rings (SSSR count). The second kappa shape index (κ2) is 4.77. The zero-order valence-electron chi connectivity index (χ0n) is 10.9. The number of esters is 1. The molecule has 0 amide bonds. The third-order valence-electron chi connectivity index (χ3n) is 3.06. The van der Waals surface area contributed by atoms with Crippen molar-refractivity contribution in [2.75, 3.05) is 6.61 Å². The van der Waals surface area contributed by atoms with Crippen molar-refractivity contribution in [3.63, 3.8) is 0 Å². The van der Waals surface area contributed by atoms with E-state index >= 15 is 0 Å². The molecule has 0 fully saturated rings. The van der Waals surface area contributed by atoms with Crippen LogP contribution < -0.4 is 4.73 Å². The molecule has 1 heterocycles.